The predicted octanol–water partition coefficient (Wildman–Crippen LogP) is 2.99. The number of rotatable bonds is 6. The van der Waals surface area contributed by atoms with Crippen molar-refractivity contribution < 1.29 is 4.74 Å². The number of piperazine rings is 1. The van der Waals surface area contributed by atoms with E-state index in [-0.39, 0.29) is 24.0 Å². The second-order valence-electron chi connectivity index (χ2n) is 6.55. The molecule has 3 rings (SSSR count). The van der Waals surface area contributed by atoms with E-state index in [2.05, 4.69) is 55.4 Å². The van der Waals surface area contributed by atoms with Gasteiger partial charge >= 0.3 is 0 Å². The van der Waals surface area contributed by atoms with Gasteiger partial charge in [0.1, 0.15) is 0 Å². The van der Waals surface area contributed by atoms with Gasteiger partial charge in [-0.2, -0.15) is 0 Å². The molecule has 2 heterocycles. The third-order valence-electron chi connectivity index (χ3n) is 4.70. The van der Waals surface area contributed by atoms with Crippen molar-refractivity contribution >= 4 is 29.9 Å². The maximum atomic E-state index is 5.61. The molecule has 1 aliphatic heterocycles. The first kappa shape index (κ1) is 22.4. The number of nitrogens with zero attached hydrogens (tertiary/aromatic N) is 4. The summed E-state index contributed by atoms with van der Waals surface area (Å²) >= 11 is 0. The monoisotopic (exact) mass is 495 g/mol. The van der Waals surface area contributed by atoms with Gasteiger partial charge in [-0.05, 0) is 18.6 Å². The van der Waals surface area contributed by atoms with Gasteiger partial charge < -0.3 is 15.0 Å². The molecule has 0 aliphatic carbocycles. The molecule has 1 aromatic carbocycles. The standard InChI is InChI=1S/C21H29N5O.HI/c1-3-27-20-19(10-7-11-23-20)16-24-21(22-2)26-14-12-25(13-15-26)17-18-8-5-4-6-9-18;/h4-11H,3,12-17H2,1-2H3,(H,22,24);1H. The molecular weight excluding hydrogens is 465 g/mol. The molecule has 0 unspecified atom stereocenters. The molecule has 28 heavy (non-hydrogen) atoms. The molecule has 1 aliphatic rings. The fourth-order valence-corrected chi connectivity index (χ4v) is 3.29. The number of aliphatic imine (C=N–C) groups is 1. The fraction of sp³-hybridized carbons (Fsp3) is 0.429. The van der Waals surface area contributed by atoms with Crippen molar-refractivity contribution in [1.29, 1.82) is 0 Å². The highest BCUT2D eigenvalue weighted by Gasteiger charge is 2.19. The first-order chi connectivity index (χ1) is 13.3. The smallest absolute Gasteiger partial charge is 0.218 e. The van der Waals surface area contributed by atoms with E-state index in [0.29, 0.717) is 19.0 Å². The second kappa shape index (κ2) is 11.9. The highest BCUT2D eigenvalue weighted by molar-refractivity contribution is 14.0. The number of nitrogens with one attached hydrogen (secondary N) is 1. The van der Waals surface area contributed by atoms with Gasteiger partial charge in [0.15, 0.2) is 5.96 Å². The topological polar surface area (TPSA) is 53.0 Å². The molecule has 0 saturated carbocycles. The second-order valence-corrected chi connectivity index (χ2v) is 6.55. The van der Waals surface area contributed by atoms with Gasteiger partial charge in [-0.15, -0.1) is 24.0 Å². The largest absolute Gasteiger partial charge is 0.478 e. The molecule has 1 fully saturated rings. The van der Waals surface area contributed by atoms with E-state index in [0.717, 1.165) is 44.2 Å². The lowest BCUT2D eigenvalue weighted by Crippen LogP contribution is -2.52. The molecule has 0 radical (unpaired) electrons. The van der Waals surface area contributed by atoms with Crippen LogP contribution in [0.25, 0.3) is 0 Å². The summed E-state index contributed by atoms with van der Waals surface area (Å²) in [5.41, 5.74) is 2.41. The van der Waals surface area contributed by atoms with Crippen molar-refractivity contribution in [3.05, 3.63) is 59.8 Å². The van der Waals surface area contributed by atoms with E-state index in [4.69, 9.17) is 4.74 Å². The SMILES string of the molecule is CCOc1ncccc1CNC(=NC)N1CCN(Cc2ccccc2)CC1.I. The average molecular weight is 495 g/mol. The number of hydrogen-bond acceptors (Lipinski definition) is 4. The van der Waals surface area contributed by atoms with Gasteiger partial charge in [-0.1, -0.05) is 36.4 Å². The fourth-order valence-electron chi connectivity index (χ4n) is 3.29. The van der Waals surface area contributed by atoms with Gasteiger partial charge in [-0.25, -0.2) is 4.98 Å². The van der Waals surface area contributed by atoms with Crippen LogP contribution in [-0.4, -0.2) is 60.6 Å². The molecular formula is C21H30IN5O. The van der Waals surface area contributed by atoms with E-state index in [1.54, 1.807) is 6.20 Å². The summed E-state index contributed by atoms with van der Waals surface area (Å²) in [5, 5.41) is 3.46. The number of guanidine groups is 1. The Hall–Kier alpha value is -1.87. The molecule has 2 aromatic rings. The van der Waals surface area contributed by atoms with Crippen LogP contribution in [-0.2, 0) is 13.1 Å². The van der Waals surface area contributed by atoms with Gasteiger partial charge in [0, 0.05) is 58.1 Å². The first-order valence-corrected chi connectivity index (χ1v) is 9.58. The molecule has 1 saturated heterocycles. The zero-order valence-electron chi connectivity index (χ0n) is 16.7. The van der Waals surface area contributed by atoms with Gasteiger partial charge in [-0.3, -0.25) is 9.89 Å². The van der Waals surface area contributed by atoms with Crippen molar-refractivity contribution in [2.45, 2.75) is 20.0 Å². The average Bonchev–Trinajstić information content (AvgIpc) is 2.72. The lowest BCUT2D eigenvalue weighted by atomic mass is 10.2. The van der Waals surface area contributed by atoms with Crippen LogP contribution in [0, 0.1) is 0 Å². The molecule has 1 aromatic heterocycles. The summed E-state index contributed by atoms with van der Waals surface area (Å²) in [4.78, 5) is 13.6. The maximum Gasteiger partial charge on any atom is 0.218 e. The Morgan fingerprint density at radius 3 is 2.54 bits per heavy atom. The quantitative estimate of drug-likeness (QED) is 0.380. The van der Waals surface area contributed by atoms with Crippen molar-refractivity contribution in [2.75, 3.05) is 39.8 Å². The Bertz CT molecular complexity index is 733. The number of halogens is 1. The van der Waals surface area contributed by atoms with Crippen LogP contribution in [0.4, 0.5) is 0 Å². The van der Waals surface area contributed by atoms with E-state index >= 15 is 0 Å². The molecule has 0 bridgehead atoms. The minimum Gasteiger partial charge on any atom is -0.478 e. The van der Waals surface area contributed by atoms with Gasteiger partial charge in [0.2, 0.25) is 5.88 Å². The summed E-state index contributed by atoms with van der Waals surface area (Å²) in [6, 6.07) is 14.6. The third-order valence-corrected chi connectivity index (χ3v) is 4.70. The van der Waals surface area contributed by atoms with Crippen LogP contribution >= 0.6 is 24.0 Å². The highest BCUT2D eigenvalue weighted by Crippen LogP contribution is 2.14. The van der Waals surface area contributed by atoms with Crippen molar-refractivity contribution in [3.63, 3.8) is 0 Å². The van der Waals surface area contributed by atoms with E-state index in [1.165, 1.54) is 5.56 Å². The first-order valence-electron chi connectivity index (χ1n) is 9.58. The molecule has 1 N–H and O–H groups in total. The summed E-state index contributed by atoms with van der Waals surface area (Å²) < 4.78 is 5.61. The van der Waals surface area contributed by atoms with Gasteiger partial charge in [0.25, 0.3) is 0 Å². The summed E-state index contributed by atoms with van der Waals surface area (Å²) in [6.07, 6.45) is 1.76. The Labute approximate surface area is 185 Å². The molecule has 7 heteroatoms. The Kier molecular flexibility index (Phi) is 9.49. The minimum absolute atomic E-state index is 0. The van der Waals surface area contributed by atoms with Crippen LogP contribution in [0.15, 0.2) is 53.7 Å². The van der Waals surface area contributed by atoms with Crippen molar-refractivity contribution in [2.24, 2.45) is 4.99 Å². The normalized spacial score (nSPS) is 15.1. The van der Waals surface area contributed by atoms with E-state index in [1.807, 2.05) is 26.1 Å². The Balaban J connectivity index is 0.00000280. The van der Waals surface area contributed by atoms with Gasteiger partial charge in [0.05, 0.1) is 6.61 Å². The van der Waals surface area contributed by atoms with Crippen molar-refractivity contribution in [3.8, 4) is 5.88 Å². The number of aromatic nitrogens is 1. The number of benzene rings is 1. The van der Waals surface area contributed by atoms with E-state index in [9.17, 15) is 0 Å². The molecule has 0 spiro atoms. The summed E-state index contributed by atoms with van der Waals surface area (Å²) in [7, 11) is 1.84. The summed E-state index contributed by atoms with van der Waals surface area (Å²) in [6.45, 7) is 8.26. The summed E-state index contributed by atoms with van der Waals surface area (Å²) in [5.74, 6) is 1.62. The maximum absolute atomic E-state index is 5.61. The lowest BCUT2D eigenvalue weighted by Gasteiger charge is -2.36. The zero-order valence-corrected chi connectivity index (χ0v) is 19.0. The molecule has 152 valence electrons. The number of hydrogen-bond donors (Lipinski definition) is 1. The third kappa shape index (κ3) is 6.34. The van der Waals surface area contributed by atoms with E-state index < -0.39 is 0 Å². The highest BCUT2D eigenvalue weighted by atomic mass is 127. The molecule has 6 nitrogen and oxygen atoms in total. The predicted molar refractivity (Wildman–Crippen MR) is 124 cm³/mol. The minimum atomic E-state index is 0. The van der Waals surface area contributed by atoms with Crippen LogP contribution in [0.5, 0.6) is 5.88 Å². The molecule has 0 amide bonds. The van der Waals surface area contributed by atoms with Crippen LogP contribution < -0.4 is 10.1 Å². The Morgan fingerprint density at radius 1 is 1.11 bits per heavy atom. The number of pyridine rings is 1. The van der Waals surface area contributed by atoms with Crippen LogP contribution in [0.2, 0.25) is 0 Å². The molecule has 0 atom stereocenters. The van der Waals surface area contributed by atoms with Crippen LogP contribution in [0.1, 0.15) is 18.1 Å². The zero-order chi connectivity index (χ0) is 18.9. The number of ether oxygens (including phenoxy) is 1. The van der Waals surface area contributed by atoms with Crippen LogP contribution in [0.3, 0.4) is 0 Å². The lowest BCUT2D eigenvalue weighted by molar-refractivity contribution is 0.172. The van der Waals surface area contributed by atoms with Crippen molar-refractivity contribution in [1.82, 2.24) is 20.1 Å². The Morgan fingerprint density at radius 2 is 1.86 bits per heavy atom.